The van der Waals surface area contributed by atoms with E-state index in [0.29, 0.717) is 11.3 Å². The fourth-order valence-electron chi connectivity index (χ4n) is 1.78. The van der Waals surface area contributed by atoms with E-state index in [4.69, 9.17) is 5.11 Å². The van der Waals surface area contributed by atoms with Gasteiger partial charge in [0.1, 0.15) is 9.77 Å². The van der Waals surface area contributed by atoms with Gasteiger partial charge in [0, 0.05) is 9.26 Å². The molecule has 0 unspecified atom stereocenters. The lowest BCUT2D eigenvalue weighted by Crippen LogP contribution is -2.16. The van der Waals surface area contributed by atoms with Gasteiger partial charge in [-0.25, -0.2) is 13.2 Å². The van der Waals surface area contributed by atoms with Crippen LogP contribution in [-0.2, 0) is 10.0 Å². The highest BCUT2D eigenvalue weighted by Gasteiger charge is 2.26. The Hall–Kier alpha value is -1.13. The Bertz CT molecular complexity index is 812. The molecule has 0 spiro atoms. The predicted molar refractivity (Wildman–Crippen MR) is 90.7 cm³/mol. The molecule has 0 saturated heterocycles. The van der Waals surface area contributed by atoms with E-state index in [1.54, 1.807) is 25.1 Å². The van der Waals surface area contributed by atoms with Crippen LogP contribution < -0.4 is 4.72 Å². The molecule has 0 amide bonds. The molecule has 2 N–H and O–H groups in total. The van der Waals surface area contributed by atoms with E-state index >= 15 is 0 Å². The zero-order valence-corrected chi connectivity index (χ0v) is 15.0. The van der Waals surface area contributed by atoms with E-state index in [2.05, 4.69) is 27.3 Å². The molecule has 0 aliphatic rings. The quantitative estimate of drug-likeness (QED) is 0.718. The summed E-state index contributed by atoms with van der Waals surface area (Å²) in [5, 5.41) is 10.6. The number of thiophene rings is 1. The highest BCUT2D eigenvalue weighted by Crippen LogP contribution is 2.29. The van der Waals surface area contributed by atoms with E-state index in [9.17, 15) is 13.2 Å². The molecule has 8 heteroatoms. The molecule has 0 bridgehead atoms. The van der Waals surface area contributed by atoms with Crippen LogP contribution in [0.15, 0.2) is 28.5 Å². The third kappa shape index (κ3) is 3.38. The fourth-order valence-corrected chi connectivity index (χ4v) is 4.98. The SMILES string of the molecule is Cc1ccc(NS(=O)(=O)c2c(C)csc2C(=O)O)cc1I. The molecule has 112 valence electrons. The maximum absolute atomic E-state index is 12.4. The van der Waals surface area contributed by atoms with E-state index in [1.807, 2.05) is 6.92 Å². The van der Waals surface area contributed by atoms with Gasteiger partial charge in [-0.1, -0.05) is 6.07 Å². The number of aromatic carboxylic acids is 1. The number of halogens is 1. The number of anilines is 1. The lowest BCUT2D eigenvalue weighted by molar-refractivity contribution is 0.0698. The van der Waals surface area contributed by atoms with Crippen molar-refractivity contribution < 1.29 is 18.3 Å². The van der Waals surface area contributed by atoms with Crippen LogP contribution in [0.2, 0.25) is 0 Å². The number of sulfonamides is 1. The third-order valence-corrected chi connectivity index (χ3v) is 6.75. The van der Waals surface area contributed by atoms with Crippen LogP contribution in [0, 0.1) is 17.4 Å². The standard InChI is InChI=1S/C13H12INO4S2/c1-7-3-4-9(5-10(7)14)15-21(18,19)12-8(2)6-20-11(12)13(16)17/h3-6,15H,1-2H3,(H,16,17). The summed E-state index contributed by atoms with van der Waals surface area (Å²) in [7, 11) is -3.93. The number of carbonyl (C=O) groups is 1. The Kier molecular flexibility index (Phi) is 4.59. The normalized spacial score (nSPS) is 11.4. The van der Waals surface area contributed by atoms with Crippen LogP contribution in [0.1, 0.15) is 20.8 Å². The highest BCUT2D eigenvalue weighted by molar-refractivity contribution is 14.1. The number of carboxylic acids is 1. The van der Waals surface area contributed by atoms with Gasteiger partial charge >= 0.3 is 5.97 Å². The minimum absolute atomic E-state index is 0.171. The summed E-state index contributed by atoms with van der Waals surface area (Å²) >= 11 is 3.02. The second-order valence-electron chi connectivity index (χ2n) is 4.45. The van der Waals surface area contributed by atoms with Gasteiger partial charge in [-0.2, -0.15) is 0 Å². The van der Waals surface area contributed by atoms with Gasteiger partial charge in [-0.05, 0) is 65.1 Å². The van der Waals surface area contributed by atoms with Crippen molar-refractivity contribution in [1.29, 1.82) is 0 Å². The van der Waals surface area contributed by atoms with Gasteiger partial charge in [0.25, 0.3) is 10.0 Å². The molecule has 1 aromatic heterocycles. The van der Waals surface area contributed by atoms with Crippen LogP contribution in [0.25, 0.3) is 0 Å². The van der Waals surface area contributed by atoms with Crippen molar-refractivity contribution in [2.24, 2.45) is 0 Å². The van der Waals surface area contributed by atoms with Crippen molar-refractivity contribution in [3.05, 3.63) is 43.2 Å². The number of benzene rings is 1. The average Bonchev–Trinajstić information content (AvgIpc) is 2.76. The van der Waals surface area contributed by atoms with Gasteiger partial charge in [-0.3, -0.25) is 4.72 Å². The monoisotopic (exact) mass is 437 g/mol. The van der Waals surface area contributed by atoms with Crippen LogP contribution >= 0.6 is 33.9 Å². The molecule has 0 atom stereocenters. The molecule has 0 saturated carbocycles. The molecule has 2 aromatic rings. The second kappa shape index (κ2) is 5.93. The average molecular weight is 437 g/mol. The first-order chi connectivity index (χ1) is 9.72. The zero-order valence-electron chi connectivity index (χ0n) is 11.2. The number of carboxylic acid groups (broad SMARTS) is 1. The number of hydrogen-bond acceptors (Lipinski definition) is 4. The van der Waals surface area contributed by atoms with Gasteiger partial charge in [0.15, 0.2) is 0 Å². The number of aryl methyl sites for hydroxylation is 2. The van der Waals surface area contributed by atoms with Gasteiger partial charge in [0.2, 0.25) is 0 Å². The summed E-state index contributed by atoms with van der Waals surface area (Å²) in [5.74, 6) is -1.24. The maximum atomic E-state index is 12.4. The van der Waals surface area contributed by atoms with Crippen LogP contribution in [0.3, 0.4) is 0 Å². The van der Waals surface area contributed by atoms with E-state index in [0.717, 1.165) is 20.5 Å². The van der Waals surface area contributed by atoms with Crippen molar-refractivity contribution in [2.45, 2.75) is 18.7 Å². The van der Waals surface area contributed by atoms with Gasteiger partial charge < -0.3 is 5.11 Å². The summed E-state index contributed by atoms with van der Waals surface area (Å²) < 4.78 is 28.2. The molecule has 0 fully saturated rings. The minimum Gasteiger partial charge on any atom is -0.477 e. The largest absolute Gasteiger partial charge is 0.477 e. The molecular weight excluding hydrogens is 425 g/mol. The predicted octanol–water partition coefficient (Wildman–Crippen LogP) is 3.47. The zero-order chi connectivity index (χ0) is 15.8. The Balaban J connectivity index is 2.45. The molecule has 1 heterocycles. The number of nitrogens with one attached hydrogen (secondary N) is 1. The summed E-state index contributed by atoms with van der Waals surface area (Å²) in [6, 6.07) is 5.16. The first-order valence-corrected chi connectivity index (χ1v) is 9.27. The third-order valence-electron chi connectivity index (χ3n) is 2.80. The van der Waals surface area contributed by atoms with Crippen molar-refractivity contribution in [1.82, 2.24) is 0 Å². The lowest BCUT2D eigenvalue weighted by Gasteiger charge is -2.10. The van der Waals surface area contributed by atoms with E-state index in [-0.39, 0.29) is 9.77 Å². The number of hydrogen-bond donors (Lipinski definition) is 2. The Labute approximate surface area is 140 Å². The maximum Gasteiger partial charge on any atom is 0.347 e. The van der Waals surface area contributed by atoms with E-state index in [1.165, 1.54) is 5.38 Å². The fraction of sp³-hybridized carbons (Fsp3) is 0.154. The summed E-state index contributed by atoms with van der Waals surface area (Å²) in [6.07, 6.45) is 0. The first kappa shape index (κ1) is 16.2. The molecule has 0 aliphatic heterocycles. The highest BCUT2D eigenvalue weighted by atomic mass is 127. The van der Waals surface area contributed by atoms with Crippen molar-refractivity contribution in [3.63, 3.8) is 0 Å². The van der Waals surface area contributed by atoms with E-state index < -0.39 is 16.0 Å². The van der Waals surface area contributed by atoms with Crippen LogP contribution in [-0.4, -0.2) is 19.5 Å². The summed E-state index contributed by atoms with van der Waals surface area (Å²) in [5.41, 5.74) is 1.87. The minimum atomic E-state index is -3.93. The topological polar surface area (TPSA) is 83.5 Å². The van der Waals surface area contributed by atoms with Crippen LogP contribution in [0.4, 0.5) is 5.69 Å². The molecule has 2 rings (SSSR count). The Morgan fingerprint density at radius 3 is 2.52 bits per heavy atom. The van der Waals surface area contributed by atoms with Crippen LogP contribution in [0.5, 0.6) is 0 Å². The molecule has 5 nitrogen and oxygen atoms in total. The Morgan fingerprint density at radius 1 is 1.29 bits per heavy atom. The Morgan fingerprint density at radius 2 is 1.95 bits per heavy atom. The van der Waals surface area contributed by atoms with Crippen molar-refractivity contribution >= 4 is 55.6 Å². The summed E-state index contributed by atoms with van der Waals surface area (Å²) in [6.45, 7) is 3.50. The van der Waals surface area contributed by atoms with Crippen molar-refractivity contribution in [2.75, 3.05) is 4.72 Å². The van der Waals surface area contributed by atoms with Gasteiger partial charge in [0.05, 0.1) is 0 Å². The first-order valence-electron chi connectivity index (χ1n) is 5.82. The number of rotatable bonds is 4. The smallest absolute Gasteiger partial charge is 0.347 e. The molecule has 0 aliphatic carbocycles. The van der Waals surface area contributed by atoms with Crippen molar-refractivity contribution in [3.8, 4) is 0 Å². The molecule has 21 heavy (non-hydrogen) atoms. The van der Waals surface area contributed by atoms with Gasteiger partial charge in [-0.15, -0.1) is 11.3 Å². The molecule has 0 radical (unpaired) electrons. The summed E-state index contributed by atoms with van der Waals surface area (Å²) in [4.78, 5) is 10.8. The second-order valence-corrected chi connectivity index (χ2v) is 8.11. The molecule has 1 aromatic carbocycles. The lowest BCUT2D eigenvalue weighted by atomic mass is 10.2. The molecular formula is C13H12INO4S2.